The highest BCUT2D eigenvalue weighted by Gasteiger charge is 2.14. The van der Waals surface area contributed by atoms with Crippen molar-refractivity contribution < 1.29 is 9.53 Å². The Hall–Kier alpha value is -3.41. The first kappa shape index (κ1) is 18.9. The second kappa shape index (κ2) is 7.54. The van der Waals surface area contributed by atoms with Gasteiger partial charge in [0.25, 0.3) is 0 Å². The number of hydrogen-bond acceptors (Lipinski definition) is 4. The molecule has 2 aromatic carbocycles. The number of esters is 1. The summed E-state index contributed by atoms with van der Waals surface area (Å²) < 4.78 is 9.06. The van der Waals surface area contributed by atoms with Crippen LogP contribution in [0.1, 0.15) is 22.4 Å². The minimum absolute atomic E-state index is 0.184. The monoisotopic (exact) mass is 388 g/mol. The Labute approximate surface area is 169 Å². The lowest BCUT2D eigenvalue weighted by molar-refractivity contribution is -0.144. The molecule has 0 spiro atoms. The Morgan fingerprint density at radius 1 is 1.03 bits per heavy atom. The molecule has 2 heterocycles. The molecule has 4 aromatic rings. The van der Waals surface area contributed by atoms with Crippen molar-refractivity contribution in [3.8, 4) is 11.3 Å². The largest absolute Gasteiger partial charge is 0.461 e. The van der Waals surface area contributed by atoms with Crippen LogP contribution >= 0.6 is 0 Å². The maximum Gasteiger partial charge on any atom is 0.312 e. The average molecular weight is 388 g/mol. The van der Waals surface area contributed by atoms with Crippen LogP contribution < -0.4 is 0 Å². The highest BCUT2D eigenvalue weighted by Crippen LogP contribution is 2.24. The molecular weight excluding hydrogens is 364 g/mol. The lowest BCUT2D eigenvalue weighted by Gasteiger charge is -2.06. The van der Waals surface area contributed by atoms with E-state index in [1.54, 1.807) is 4.68 Å². The van der Waals surface area contributed by atoms with Crippen LogP contribution in [-0.2, 0) is 36.7 Å². The van der Waals surface area contributed by atoms with Crippen molar-refractivity contribution in [3.63, 3.8) is 0 Å². The van der Waals surface area contributed by atoms with E-state index in [1.165, 1.54) is 11.1 Å². The molecule has 4 rings (SSSR count). The van der Waals surface area contributed by atoms with Crippen LogP contribution in [0, 0.1) is 13.8 Å². The van der Waals surface area contributed by atoms with Crippen LogP contribution in [0.3, 0.4) is 0 Å². The minimum atomic E-state index is -0.272. The highest BCUT2D eigenvalue weighted by molar-refractivity contribution is 5.79. The van der Waals surface area contributed by atoms with Crippen LogP contribution in [0.25, 0.3) is 22.2 Å². The Morgan fingerprint density at radius 2 is 1.86 bits per heavy atom. The van der Waals surface area contributed by atoms with E-state index in [0.29, 0.717) is 0 Å². The van der Waals surface area contributed by atoms with Crippen molar-refractivity contribution in [2.75, 3.05) is 0 Å². The molecule has 0 unspecified atom stereocenters. The second-order valence-corrected chi connectivity index (χ2v) is 7.46. The zero-order valence-electron chi connectivity index (χ0n) is 17.1. The van der Waals surface area contributed by atoms with Crippen LogP contribution in [0.15, 0.2) is 48.7 Å². The van der Waals surface area contributed by atoms with E-state index in [0.717, 1.165) is 33.4 Å². The van der Waals surface area contributed by atoms with Crippen LogP contribution in [0.2, 0.25) is 0 Å². The summed E-state index contributed by atoms with van der Waals surface area (Å²) in [5.74, 6) is -0.272. The molecule has 0 radical (unpaired) electrons. The summed E-state index contributed by atoms with van der Waals surface area (Å²) in [6, 6.07) is 14.2. The molecule has 0 aliphatic heterocycles. The Balaban J connectivity index is 1.43. The van der Waals surface area contributed by atoms with E-state index in [2.05, 4.69) is 42.2 Å². The van der Waals surface area contributed by atoms with Gasteiger partial charge in [0, 0.05) is 30.7 Å². The van der Waals surface area contributed by atoms with Gasteiger partial charge in [-0.3, -0.25) is 14.2 Å². The first-order valence-electron chi connectivity index (χ1n) is 9.57. The number of carbonyl (C=O) groups excluding carboxylic acids is 1. The topological polar surface area (TPSA) is 61.9 Å². The maximum absolute atomic E-state index is 12.4. The smallest absolute Gasteiger partial charge is 0.312 e. The normalized spacial score (nSPS) is 11.2. The molecule has 0 fully saturated rings. The van der Waals surface area contributed by atoms with Gasteiger partial charge in [0.2, 0.25) is 0 Å². The van der Waals surface area contributed by atoms with Gasteiger partial charge in [-0.05, 0) is 43.2 Å². The van der Waals surface area contributed by atoms with Crippen molar-refractivity contribution in [2.45, 2.75) is 26.9 Å². The van der Waals surface area contributed by atoms with E-state index in [9.17, 15) is 4.79 Å². The molecule has 2 aromatic heterocycles. The minimum Gasteiger partial charge on any atom is -0.461 e. The van der Waals surface area contributed by atoms with Gasteiger partial charge in [-0.2, -0.15) is 10.2 Å². The molecule has 6 heteroatoms. The molecule has 6 nitrogen and oxygen atoms in total. The molecule has 0 saturated carbocycles. The summed E-state index contributed by atoms with van der Waals surface area (Å²) in [6.07, 6.45) is 1.99. The quantitative estimate of drug-likeness (QED) is 0.487. The van der Waals surface area contributed by atoms with Crippen molar-refractivity contribution >= 4 is 16.9 Å². The van der Waals surface area contributed by atoms with E-state index in [-0.39, 0.29) is 19.0 Å². The summed E-state index contributed by atoms with van der Waals surface area (Å²) in [5.41, 5.74) is 7.16. The van der Waals surface area contributed by atoms with Gasteiger partial charge < -0.3 is 4.74 Å². The number of carbonyl (C=O) groups is 1. The zero-order valence-corrected chi connectivity index (χ0v) is 17.1. The third-order valence-electron chi connectivity index (χ3n) is 5.17. The molecule has 148 valence electrons. The van der Waals surface area contributed by atoms with Crippen LogP contribution in [0.5, 0.6) is 0 Å². The van der Waals surface area contributed by atoms with E-state index in [4.69, 9.17) is 4.74 Å². The fourth-order valence-electron chi connectivity index (χ4n) is 3.57. The predicted molar refractivity (Wildman–Crippen MR) is 112 cm³/mol. The van der Waals surface area contributed by atoms with Gasteiger partial charge in [-0.15, -0.1) is 0 Å². The molecule has 0 bridgehead atoms. The van der Waals surface area contributed by atoms with Crippen molar-refractivity contribution in [1.29, 1.82) is 0 Å². The third-order valence-corrected chi connectivity index (χ3v) is 5.17. The van der Waals surface area contributed by atoms with Crippen molar-refractivity contribution in [3.05, 3.63) is 71.0 Å². The van der Waals surface area contributed by atoms with Gasteiger partial charge >= 0.3 is 5.97 Å². The van der Waals surface area contributed by atoms with E-state index >= 15 is 0 Å². The van der Waals surface area contributed by atoms with E-state index < -0.39 is 0 Å². The number of fused-ring (bicyclic) bond motifs is 1. The van der Waals surface area contributed by atoms with Gasteiger partial charge in [-0.1, -0.05) is 29.8 Å². The lowest BCUT2D eigenvalue weighted by atomic mass is 10.0. The zero-order chi connectivity index (χ0) is 20.5. The molecule has 0 aliphatic rings. The Kier molecular flexibility index (Phi) is 4.92. The third kappa shape index (κ3) is 3.92. The average Bonchev–Trinajstić information content (AvgIpc) is 3.23. The molecule has 29 heavy (non-hydrogen) atoms. The first-order valence-corrected chi connectivity index (χ1v) is 9.57. The van der Waals surface area contributed by atoms with Gasteiger partial charge in [0.15, 0.2) is 0 Å². The Morgan fingerprint density at radius 3 is 2.66 bits per heavy atom. The van der Waals surface area contributed by atoms with Crippen LogP contribution in [0.4, 0.5) is 0 Å². The number of aryl methyl sites for hydroxylation is 4. The molecule has 0 aliphatic carbocycles. The SMILES string of the molecule is Cc1ccc(-c2cc(CC(=O)OCc3ccc4c(cnn4C)c3)n(C)n2)c(C)c1. The first-order chi connectivity index (χ1) is 13.9. The van der Waals surface area contributed by atoms with E-state index in [1.807, 2.05) is 49.2 Å². The van der Waals surface area contributed by atoms with Crippen molar-refractivity contribution in [1.82, 2.24) is 19.6 Å². The second-order valence-electron chi connectivity index (χ2n) is 7.46. The number of aromatic nitrogens is 4. The van der Waals surface area contributed by atoms with Gasteiger partial charge in [0.1, 0.15) is 6.61 Å². The predicted octanol–water partition coefficient (Wildman–Crippen LogP) is 3.88. The Bertz CT molecular complexity index is 1200. The molecule has 0 atom stereocenters. The standard InChI is InChI=1S/C23H24N4O2/c1-15-5-7-20(16(2)9-15)21-11-19(26(3)25-21)12-23(28)29-14-17-6-8-22-18(10-17)13-24-27(22)4/h5-11,13H,12,14H2,1-4H3. The van der Waals surface area contributed by atoms with Crippen LogP contribution in [-0.4, -0.2) is 25.5 Å². The summed E-state index contributed by atoms with van der Waals surface area (Å²) in [5, 5.41) is 9.85. The summed E-state index contributed by atoms with van der Waals surface area (Å²) in [7, 11) is 3.76. The summed E-state index contributed by atoms with van der Waals surface area (Å²) >= 11 is 0. The lowest BCUT2D eigenvalue weighted by Crippen LogP contribution is -2.11. The summed E-state index contributed by atoms with van der Waals surface area (Å²) in [4.78, 5) is 12.4. The number of rotatable bonds is 5. The highest BCUT2D eigenvalue weighted by atomic mass is 16.5. The molecule has 0 saturated heterocycles. The van der Waals surface area contributed by atoms with Crippen molar-refractivity contribution in [2.24, 2.45) is 14.1 Å². The number of nitrogens with zero attached hydrogens (tertiary/aromatic N) is 4. The molecular formula is C23H24N4O2. The molecule has 0 N–H and O–H groups in total. The summed E-state index contributed by atoms with van der Waals surface area (Å²) in [6.45, 7) is 4.39. The number of hydrogen-bond donors (Lipinski definition) is 0. The molecule has 0 amide bonds. The van der Waals surface area contributed by atoms with Gasteiger partial charge in [-0.25, -0.2) is 0 Å². The number of ether oxygens (including phenoxy) is 1. The van der Waals surface area contributed by atoms with Gasteiger partial charge in [0.05, 0.1) is 23.8 Å². The maximum atomic E-state index is 12.4. The fourth-order valence-corrected chi connectivity index (χ4v) is 3.57. The number of benzene rings is 2. The fraction of sp³-hybridized carbons (Fsp3) is 0.261.